The standard InChI is InChI=1S/C28H21Cl2F6NO4/c29-22-7-6-19(13-23(22)30)26(8-9-40-25(39)18-4-2-1-3-5-18)16-37(24(38)15-41-26)14-17-10-20(27(31,32)33)12-21(11-17)28(34,35)36/h1-7,10-13H,8-9,14-16H2. The van der Waals surface area contributed by atoms with Crippen LogP contribution in [0.4, 0.5) is 26.3 Å². The zero-order chi connectivity index (χ0) is 30.0. The number of benzene rings is 3. The van der Waals surface area contributed by atoms with Gasteiger partial charge in [-0.05, 0) is 53.6 Å². The molecule has 1 atom stereocenters. The first-order chi connectivity index (χ1) is 19.2. The van der Waals surface area contributed by atoms with Crippen LogP contribution in [0.2, 0.25) is 10.0 Å². The van der Waals surface area contributed by atoms with E-state index in [9.17, 15) is 35.9 Å². The highest BCUT2D eigenvalue weighted by molar-refractivity contribution is 6.42. The van der Waals surface area contributed by atoms with Crippen molar-refractivity contribution in [1.29, 1.82) is 0 Å². The van der Waals surface area contributed by atoms with Crippen LogP contribution in [0.25, 0.3) is 0 Å². The molecular weight excluding hydrogens is 599 g/mol. The van der Waals surface area contributed by atoms with Gasteiger partial charge < -0.3 is 14.4 Å². The summed E-state index contributed by atoms with van der Waals surface area (Å²) in [5.41, 5.74) is -4.03. The lowest BCUT2D eigenvalue weighted by Gasteiger charge is -2.43. The quantitative estimate of drug-likeness (QED) is 0.203. The van der Waals surface area contributed by atoms with Crippen LogP contribution in [0.5, 0.6) is 0 Å². The maximum atomic E-state index is 13.4. The number of morpholine rings is 1. The highest BCUT2D eigenvalue weighted by Gasteiger charge is 2.43. The molecule has 0 spiro atoms. The summed E-state index contributed by atoms with van der Waals surface area (Å²) in [4.78, 5) is 26.4. The van der Waals surface area contributed by atoms with Crippen LogP contribution in [-0.4, -0.2) is 36.5 Å². The molecule has 0 saturated carbocycles. The SMILES string of the molecule is O=C(OCCC1(c2ccc(Cl)c(Cl)c2)CN(Cc2cc(C(F)(F)F)cc(C(F)(F)F)c2)C(=O)CO1)c1ccccc1. The second-order valence-electron chi connectivity index (χ2n) is 9.33. The number of amides is 1. The fraction of sp³-hybridized carbons (Fsp3) is 0.286. The number of carbonyl (C=O) groups is 2. The van der Waals surface area contributed by atoms with Crippen molar-refractivity contribution in [2.45, 2.75) is 30.9 Å². The van der Waals surface area contributed by atoms with Crippen molar-refractivity contribution in [2.24, 2.45) is 0 Å². The molecule has 1 saturated heterocycles. The fourth-order valence-electron chi connectivity index (χ4n) is 4.42. The number of hydrogen-bond acceptors (Lipinski definition) is 4. The summed E-state index contributed by atoms with van der Waals surface area (Å²) in [6.07, 6.45) is -10.1. The Morgan fingerprint density at radius 3 is 2.12 bits per heavy atom. The smallest absolute Gasteiger partial charge is 0.416 e. The third kappa shape index (κ3) is 7.33. The monoisotopic (exact) mass is 619 g/mol. The second kappa shape index (κ2) is 11.9. The molecule has 0 bridgehead atoms. The summed E-state index contributed by atoms with van der Waals surface area (Å²) in [6.45, 7) is -1.60. The van der Waals surface area contributed by atoms with Crippen LogP contribution in [0.15, 0.2) is 66.7 Å². The Morgan fingerprint density at radius 1 is 0.902 bits per heavy atom. The maximum absolute atomic E-state index is 13.4. The summed E-state index contributed by atoms with van der Waals surface area (Å²) in [5.74, 6) is -1.28. The lowest BCUT2D eigenvalue weighted by molar-refractivity contribution is -0.169. The van der Waals surface area contributed by atoms with E-state index in [1.54, 1.807) is 36.4 Å². The zero-order valence-electron chi connectivity index (χ0n) is 21.0. The highest BCUT2D eigenvalue weighted by Crippen LogP contribution is 2.39. The molecule has 5 nitrogen and oxygen atoms in total. The Labute approximate surface area is 240 Å². The van der Waals surface area contributed by atoms with Crippen molar-refractivity contribution in [2.75, 3.05) is 19.8 Å². The van der Waals surface area contributed by atoms with Gasteiger partial charge in [-0.15, -0.1) is 0 Å². The topological polar surface area (TPSA) is 55.8 Å². The molecular formula is C28H21Cl2F6NO4. The molecule has 3 aromatic carbocycles. The maximum Gasteiger partial charge on any atom is 0.416 e. The Bertz CT molecular complexity index is 1400. The van der Waals surface area contributed by atoms with E-state index in [-0.39, 0.29) is 41.2 Å². The van der Waals surface area contributed by atoms with Crippen molar-refractivity contribution < 1.29 is 45.4 Å². The second-order valence-corrected chi connectivity index (χ2v) is 10.1. The first-order valence-electron chi connectivity index (χ1n) is 12.1. The van der Waals surface area contributed by atoms with E-state index in [0.29, 0.717) is 23.3 Å². The zero-order valence-corrected chi connectivity index (χ0v) is 22.5. The number of hydrogen-bond donors (Lipinski definition) is 0. The summed E-state index contributed by atoms with van der Waals surface area (Å²) in [6, 6.07) is 13.8. The summed E-state index contributed by atoms with van der Waals surface area (Å²) >= 11 is 12.3. The minimum Gasteiger partial charge on any atom is -0.462 e. The van der Waals surface area contributed by atoms with Gasteiger partial charge in [0.25, 0.3) is 0 Å². The van der Waals surface area contributed by atoms with Gasteiger partial charge in [0, 0.05) is 13.0 Å². The fourth-order valence-corrected chi connectivity index (χ4v) is 4.72. The molecule has 13 heteroatoms. The molecule has 1 aliphatic rings. The van der Waals surface area contributed by atoms with Gasteiger partial charge in [-0.2, -0.15) is 26.3 Å². The van der Waals surface area contributed by atoms with Gasteiger partial charge in [0.05, 0.1) is 39.9 Å². The average Bonchev–Trinajstić information content (AvgIpc) is 2.91. The van der Waals surface area contributed by atoms with E-state index in [1.807, 2.05) is 0 Å². The predicted molar refractivity (Wildman–Crippen MR) is 137 cm³/mol. The Kier molecular flexibility index (Phi) is 8.91. The van der Waals surface area contributed by atoms with Gasteiger partial charge in [-0.25, -0.2) is 4.79 Å². The molecule has 4 rings (SSSR count). The Hall–Kier alpha value is -3.28. The van der Waals surface area contributed by atoms with Crippen molar-refractivity contribution in [3.8, 4) is 0 Å². The van der Waals surface area contributed by atoms with E-state index in [0.717, 1.165) is 4.90 Å². The van der Waals surface area contributed by atoms with Gasteiger partial charge in [-0.1, -0.05) is 47.5 Å². The van der Waals surface area contributed by atoms with Gasteiger partial charge in [-0.3, -0.25) is 4.79 Å². The van der Waals surface area contributed by atoms with Crippen molar-refractivity contribution in [3.63, 3.8) is 0 Å². The molecule has 1 amide bonds. The van der Waals surface area contributed by atoms with Crippen LogP contribution in [-0.2, 0) is 38.8 Å². The number of nitrogens with zero attached hydrogens (tertiary/aromatic N) is 1. The Morgan fingerprint density at radius 2 is 1.54 bits per heavy atom. The van der Waals surface area contributed by atoms with Crippen LogP contribution in [0.1, 0.15) is 39.0 Å². The molecule has 1 heterocycles. The molecule has 3 aromatic rings. The first kappa shape index (κ1) is 30.7. The van der Waals surface area contributed by atoms with Crippen LogP contribution < -0.4 is 0 Å². The van der Waals surface area contributed by atoms with Gasteiger partial charge in [0.1, 0.15) is 12.2 Å². The lowest BCUT2D eigenvalue weighted by Crippen LogP contribution is -2.53. The van der Waals surface area contributed by atoms with Gasteiger partial charge in [0.15, 0.2) is 0 Å². The largest absolute Gasteiger partial charge is 0.462 e. The van der Waals surface area contributed by atoms with Gasteiger partial charge in [0.2, 0.25) is 5.91 Å². The van der Waals surface area contributed by atoms with Crippen molar-refractivity contribution >= 4 is 35.1 Å². The predicted octanol–water partition coefficient (Wildman–Crippen LogP) is 7.53. The first-order valence-corrected chi connectivity index (χ1v) is 12.8. The third-order valence-corrected chi connectivity index (χ3v) is 7.23. The number of carbonyl (C=O) groups excluding carboxylic acids is 2. The summed E-state index contributed by atoms with van der Waals surface area (Å²) in [5, 5.41) is 0.359. The average molecular weight is 620 g/mol. The van der Waals surface area contributed by atoms with Crippen LogP contribution in [0, 0.1) is 0 Å². The minimum atomic E-state index is -5.04. The summed E-state index contributed by atoms with van der Waals surface area (Å²) < 4.78 is 91.7. The molecule has 1 aliphatic heterocycles. The molecule has 218 valence electrons. The summed E-state index contributed by atoms with van der Waals surface area (Å²) in [7, 11) is 0. The van der Waals surface area contributed by atoms with Crippen molar-refractivity contribution in [1.82, 2.24) is 4.90 Å². The number of rotatable bonds is 7. The Balaban J connectivity index is 1.64. The lowest BCUT2D eigenvalue weighted by atomic mass is 9.88. The minimum absolute atomic E-state index is 0.0196. The van der Waals surface area contributed by atoms with E-state index >= 15 is 0 Å². The number of esters is 1. The molecule has 0 aliphatic carbocycles. The van der Waals surface area contributed by atoms with Crippen LogP contribution in [0.3, 0.4) is 0 Å². The number of halogens is 8. The highest BCUT2D eigenvalue weighted by atomic mass is 35.5. The van der Waals surface area contributed by atoms with E-state index < -0.39 is 54.1 Å². The van der Waals surface area contributed by atoms with E-state index in [2.05, 4.69) is 0 Å². The van der Waals surface area contributed by atoms with Crippen molar-refractivity contribution in [3.05, 3.63) is 105 Å². The molecule has 0 radical (unpaired) electrons. The number of ether oxygens (including phenoxy) is 2. The third-order valence-electron chi connectivity index (χ3n) is 6.49. The molecule has 1 unspecified atom stereocenters. The molecule has 0 aromatic heterocycles. The van der Waals surface area contributed by atoms with E-state index in [1.165, 1.54) is 12.1 Å². The molecule has 1 fully saturated rings. The van der Waals surface area contributed by atoms with Gasteiger partial charge >= 0.3 is 18.3 Å². The number of alkyl halides is 6. The normalized spacial score (nSPS) is 18.0. The molecule has 41 heavy (non-hydrogen) atoms. The van der Waals surface area contributed by atoms with E-state index in [4.69, 9.17) is 32.7 Å². The molecule has 0 N–H and O–H groups in total. The van der Waals surface area contributed by atoms with Crippen LogP contribution >= 0.6 is 23.2 Å².